The molecule has 1 saturated heterocycles. The number of nitrogens with one attached hydrogen (secondary N) is 2. The normalized spacial score (nSPS) is 16.2. The Morgan fingerprint density at radius 2 is 2.14 bits per heavy atom. The molecule has 1 aromatic carbocycles. The minimum absolute atomic E-state index is 0.104. The molecule has 1 heterocycles. The highest BCUT2D eigenvalue weighted by atomic mass is 127. The maximum Gasteiger partial charge on any atom is 0.308 e. The number of hydrogen-bond acceptors (Lipinski definition) is 6. The molecule has 0 spiro atoms. The van der Waals surface area contributed by atoms with Crippen LogP contribution in [0.15, 0.2) is 18.2 Å². The van der Waals surface area contributed by atoms with Crippen LogP contribution in [0, 0.1) is 10.5 Å². The second kappa shape index (κ2) is 11.4. The summed E-state index contributed by atoms with van der Waals surface area (Å²) in [4.78, 5) is 38.5. The Bertz CT molecular complexity index is 789. The first-order valence-electron chi connectivity index (χ1n) is 9.22. The molecule has 1 aliphatic heterocycles. The third-order valence-corrected chi connectivity index (χ3v) is 5.80. The number of halogens is 1. The Morgan fingerprint density at radius 3 is 2.83 bits per heavy atom. The van der Waals surface area contributed by atoms with Gasteiger partial charge in [-0.05, 0) is 66.4 Å². The number of nitrogens with zero attached hydrogens (tertiary/aromatic N) is 1. The third-order valence-electron chi connectivity index (χ3n) is 4.30. The van der Waals surface area contributed by atoms with Crippen LogP contribution in [0.4, 0.5) is 0 Å². The fourth-order valence-corrected chi connectivity index (χ4v) is 3.54. The average Bonchev–Trinajstić information content (AvgIpc) is 2.68. The van der Waals surface area contributed by atoms with Crippen molar-refractivity contribution in [1.82, 2.24) is 15.5 Å². The van der Waals surface area contributed by atoms with Crippen LogP contribution in [0.25, 0.3) is 0 Å². The molecule has 0 saturated carbocycles. The summed E-state index contributed by atoms with van der Waals surface area (Å²) in [7, 11) is 0. The van der Waals surface area contributed by atoms with E-state index >= 15 is 0 Å². The molecule has 8 nitrogen and oxygen atoms in total. The molecule has 1 unspecified atom stereocenters. The maximum atomic E-state index is 12.5. The molecular formula is C19H24IN3O5S. The van der Waals surface area contributed by atoms with Crippen LogP contribution in [0.2, 0.25) is 0 Å². The van der Waals surface area contributed by atoms with E-state index < -0.39 is 12.0 Å². The molecule has 29 heavy (non-hydrogen) atoms. The van der Waals surface area contributed by atoms with Gasteiger partial charge in [-0.15, -0.1) is 0 Å². The van der Waals surface area contributed by atoms with Gasteiger partial charge in [-0.25, -0.2) is 0 Å². The summed E-state index contributed by atoms with van der Waals surface area (Å²) in [6, 6.07) is 4.50. The van der Waals surface area contributed by atoms with Gasteiger partial charge in [-0.2, -0.15) is 0 Å². The summed E-state index contributed by atoms with van der Waals surface area (Å²) >= 11 is 7.51. The molecule has 1 fully saturated rings. The lowest BCUT2D eigenvalue weighted by atomic mass is 10.1. The molecule has 10 heteroatoms. The van der Waals surface area contributed by atoms with Crippen LogP contribution < -0.4 is 10.6 Å². The summed E-state index contributed by atoms with van der Waals surface area (Å²) in [6.45, 7) is 5.50. The number of carbonyl (C=O) groups is 3. The Balaban J connectivity index is 2.00. The number of rotatable bonds is 7. The fraction of sp³-hybridized carbons (Fsp3) is 0.474. The Labute approximate surface area is 188 Å². The van der Waals surface area contributed by atoms with Gasteiger partial charge in [0, 0.05) is 28.8 Å². The first-order chi connectivity index (χ1) is 13.8. The smallest absolute Gasteiger partial charge is 0.308 e. The molecule has 1 aromatic rings. The van der Waals surface area contributed by atoms with Crippen molar-refractivity contribution in [3.05, 3.63) is 32.9 Å². The maximum absolute atomic E-state index is 12.5. The Hall–Kier alpha value is -1.79. The molecule has 1 aliphatic rings. The number of thiocarbonyl (C=S) groups is 1. The van der Waals surface area contributed by atoms with Crippen LogP contribution in [0.3, 0.4) is 0 Å². The molecule has 0 aromatic heterocycles. The van der Waals surface area contributed by atoms with Gasteiger partial charge in [0.15, 0.2) is 5.11 Å². The van der Waals surface area contributed by atoms with E-state index in [4.69, 9.17) is 21.7 Å². The van der Waals surface area contributed by atoms with E-state index in [1.165, 1.54) is 0 Å². The van der Waals surface area contributed by atoms with Crippen molar-refractivity contribution < 1.29 is 23.9 Å². The van der Waals surface area contributed by atoms with E-state index in [1.54, 1.807) is 17.0 Å². The van der Waals surface area contributed by atoms with Crippen molar-refractivity contribution >= 4 is 57.7 Å². The van der Waals surface area contributed by atoms with Gasteiger partial charge in [-0.1, -0.05) is 6.07 Å². The second-order valence-electron chi connectivity index (χ2n) is 6.34. The standard InChI is InChI=1S/C19H24IN3O5S/c1-3-27-8-9-28-16(24)11-15-18(26)21-6-7-23(15)19(29)22-17(25)13-5-4-12(2)14(20)10-13/h4-5,10,15H,3,6-9,11H2,1-2H3,(H,21,26)(H,22,25,29). The zero-order chi connectivity index (χ0) is 21.4. The van der Waals surface area contributed by atoms with Crippen LogP contribution in [0.1, 0.15) is 29.3 Å². The molecule has 1 atom stereocenters. The number of amides is 2. The lowest BCUT2D eigenvalue weighted by Gasteiger charge is -2.36. The number of benzene rings is 1. The van der Waals surface area contributed by atoms with Gasteiger partial charge in [0.25, 0.3) is 5.91 Å². The zero-order valence-electron chi connectivity index (χ0n) is 16.3. The number of piperazine rings is 1. The lowest BCUT2D eigenvalue weighted by Crippen LogP contribution is -2.60. The monoisotopic (exact) mass is 533 g/mol. The molecule has 0 radical (unpaired) electrons. The first-order valence-corrected chi connectivity index (χ1v) is 10.7. The largest absolute Gasteiger partial charge is 0.463 e. The molecule has 0 aliphatic carbocycles. The van der Waals surface area contributed by atoms with E-state index in [0.29, 0.717) is 31.9 Å². The topological polar surface area (TPSA) is 97.0 Å². The number of aryl methyl sites for hydroxylation is 1. The van der Waals surface area contributed by atoms with Crippen LogP contribution in [-0.4, -0.2) is 66.7 Å². The predicted octanol–water partition coefficient (Wildman–Crippen LogP) is 1.38. The average molecular weight is 533 g/mol. The number of ether oxygens (including phenoxy) is 2. The van der Waals surface area contributed by atoms with E-state index in [9.17, 15) is 14.4 Å². The molecule has 0 bridgehead atoms. The number of hydrogen-bond donors (Lipinski definition) is 2. The molecule has 2 amide bonds. The molecule has 158 valence electrons. The van der Waals surface area contributed by atoms with Gasteiger partial charge in [-0.3, -0.25) is 19.7 Å². The SMILES string of the molecule is CCOCCOC(=O)CC1C(=O)NCCN1C(=S)NC(=O)c1ccc(C)c(I)c1. The number of carbonyl (C=O) groups excluding carboxylic acids is 3. The van der Waals surface area contributed by atoms with Crippen LogP contribution in [-0.2, 0) is 19.1 Å². The van der Waals surface area contributed by atoms with Crippen molar-refractivity contribution in [2.24, 2.45) is 0 Å². The van der Waals surface area contributed by atoms with Crippen LogP contribution in [0.5, 0.6) is 0 Å². The van der Waals surface area contributed by atoms with Gasteiger partial charge in [0.1, 0.15) is 12.6 Å². The van der Waals surface area contributed by atoms with Crippen molar-refractivity contribution in [2.75, 3.05) is 32.9 Å². The van der Waals surface area contributed by atoms with Gasteiger partial charge in [0.05, 0.1) is 13.0 Å². The quantitative estimate of drug-likeness (QED) is 0.237. The Kier molecular flexibility index (Phi) is 9.24. The first kappa shape index (κ1) is 23.5. The van der Waals surface area contributed by atoms with E-state index in [2.05, 4.69) is 33.2 Å². The van der Waals surface area contributed by atoms with E-state index in [-0.39, 0.29) is 30.0 Å². The summed E-state index contributed by atoms with van der Waals surface area (Å²) in [6.07, 6.45) is -0.170. The molecule has 2 rings (SSSR count). The highest BCUT2D eigenvalue weighted by molar-refractivity contribution is 14.1. The van der Waals surface area contributed by atoms with Crippen molar-refractivity contribution in [3.63, 3.8) is 0 Å². The molecule has 2 N–H and O–H groups in total. The van der Waals surface area contributed by atoms with Gasteiger partial charge in [0.2, 0.25) is 5.91 Å². The van der Waals surface area contributed by atoms with E-state index in [0.717, 1.165) is 9.13 Å². The fourth-order valence-electron chi connectivity index (χ4n) is 2.71. The third kappa shape index (κ3) is 6.89. The lowest BCUT2D eigenvalue weighted by molar-refractivity contribution is -0.148. The van der Waals surface area contributed by atoms with Crippen molar-refractivity contribution in [3.8, 4) is 0 Å². The van der Waals surface area contributed by atoms with Gasteiger partial charge >= 0.3 is 5.97 Å². The minimum Gasteiger partial charge on any atom is -0.463 e. The zero-order valence-corrected chi connectivity index (χ0v) is 19.3. The summed E-state index contributed by atoms with van der Waals surface area (Å²) < 4.78 is 11.2. The minimum atomic E-state index is -0.839. The summed E-state index contributed by atoms with van der Waals surface area (Å²) in [5.74, 6) is -1.23. The van der Waals surface area contributed by atoms with Gasteiger partial charge < -0.3 is 19.7 Å². The second-order valence-corrected chi connectivity index (χ2v) is 7.89. The number of esters is 1. The Morgan fingerprint density at radius 1 is 1.38 bits per heavy atom. The highest BCUT2D eigenvalue weighted by Crippen LogP contribution is 2.14. The molecular weight excluding hydrogens is 509 g/mol. The highest BCUT2D eigenvalue weighted by Gasteiger charge is 2.34. The van der Waals surface area contributed by atoms with Crippen molar-refractivity contribution in [2.45, 2.75) is 26.3 Å². The summed E-state index contributed by atoms with van der Waals surface area (Å²) in [5.41, 5.74) is 1.54. The van der Waals surface area contributed by atoms with E-state index in [1.807, 2.05) is 19.9 Å². The predicted molar refractivity (Wildman–Crippen MR) is 120 cm³/mol. The van der Waals surface area contributed by atoms with Crippen molar-refractivity contribution in [1.29, 1.82) is 0 Å². The summed E-state index contributed by atoms with van der Waals surface area (Å²) in [5, 5.41) is 5.47. The van der Waals surface area contributed by atoms with Crippen LogP contribution >= 0.6 is 34.8 Å².